The fourth-order valence-electron chi connectivity index (χ4n) is 2.54. The van der Waals surface area contributed by atoms with Crippen LogP contribution >= 0.6 is 11.3 Å². The average Bonchev–Trinajstić information content (AvgIpc) is 2.88. The molecule has 0 aliphatic rings. The molecule has 0 saturated heterocycles. The molecule has 0 saturated carbocycles. The standard InChI is InChI=1S/C19H24N2O6S/c1-11-15(16(22)23)21(17(28-11)20-18(24)27-19(2,3)4)10-12-7-8-13(25-5)9-14(12)26-6/h7-9H,10H2,1-6H3,(H,22,23)/b20-17-. The van der Waals surface area contributed by atoms with E-state index in [1.165, 1.54) is 11.7 Å². The van der Waals surface area contributed by atoms with Crippen molar-refractivity contribution < 1.29 is 28.9 Å². The van der Waals surface area contributed by atoms with Crippen LogP contribution in [0.2, 0.25) is 0 Å². The van der Waals surface area contributed by atoms with E-state index < -0.39 is 17.7 Å². The molecule has 1 aromatic heterocycles. The molecule has 1 N–H and O–H groups in total. The molecule has 0 radical (unpaired) electrons. The summed E-state index contributed by atoms with van der Waals surface area (Å²) in [4.78, 5) is 28.7. The Morgan fingerprint density at radius 3 is 2.43 bits per heavy atom. The summed E-state index contributed by atoms with van der Waals surface area (Å²) in [6.07, 6.45) is -0.777. The van der Waals surface area contributed by atoms with E-state index in [0.717, 1.165) is 11.3 Å². The highest BCUT2D eigenvalue weighted by atomic mass is 32.1. The molecule has 0 fully saturated rings. The number of aromatic nitrogens is 1. The summed E-state index contributed by atoms with van der Waals surface area (Å²) in [7, 11) is 3.07. The largest absolute Gasteiger partial charge is 0.497 e. The van der Waals surface area contributed by atoms with Crippen LogP contribution in [-0.2, 0) is 11.3 Å². The van der Waals surface area contributed by atoms with Gasteiger partial charge in [0, 0.05) is 16.5 Å². The minimum absolute atomic E-state index is 0.0604. The number of methoxy groups -OCH3 is 2. The second-order valence-corrected chi connectivity index (χ2v) is 8.13. The Morgan fingerprint density at radius 2 is 1.89 bits per heavy atom. The zero-order valence-corrected chi connectivity index (χ0v) is 17.5. The van der Waals surface area contributed by atoms with Crippen molar-refractivity contribution in [2.45, 2.75) is 39.8 Å². The molecule has 1 amide bonds. The van der Waals surface area contributed by atoms with E-state index in [1.54, 1.807) is 53.0 Å². The molecule has 1 aromatic carbocycles. The minimum atomic E-state index is -1.10. The van der Waals surface area contributed by atoms with Gasteiger partial charge in [-0.05, 0) is 39.8 Å². The third-order valence-corrected chi connectivity index (χ3v) is 4.68. The van der Waals surface area contributed by atoms with E-state index in [4.69, 9.17) is 14.2 Å². The van der Waals surface area contributed by atoms with Crippen LogP contribution in [0, 0.1) is 6.92 Å². The molecule has 9 heteroatoms. The van der Waals surface area contributed by atoms with Crippen molar-refractivity contribution in [3.63, 3.8) is 0 Å². The smallest absolute Gasteiger partial charge is 0.436 e. The van der Waals surface area contributed by atoms with Crippen molar-refractivity contribution >= 4 is 23.4 Å². The summed E-state index contributed by atoms with van der Waals surface area (Å²) >= 11 is 1.11. The van der Waals surface area contributed by atoms with Gasteiger partial charge in [-0.1, -0.05) is 0 Å². The zero-order chi connectivity index (χ0) is 21.1. The van der Waals surface area contributed by atoms with Crippen molar-refractivity contribution in [2.75, 3.05) is 14.2 Å². The van der Waals surface area contributed by atoms with Gasteiger partial charge in [0.2, 0.25) is 0 Å². The highest BCUT2D eigenvalue weighted by Crippen LogP contribution is 2.26. The molecule has 0 spiro atoms. The third kappa shape index (κ3) is 5.13. The second kappa shape index (κ2) is 8.47. The van der Waals surface area contributed by atoms with Crippen LogP contribution in [0.15, 0.2) is 23.2 Å². The van der Waals surface area contributed by atoms with Gasteiger partial charge >= 0.3 is 12.1 Å². The number of rotatable bonds is 5. The van der Waals surface area contributed by atoms with E-state index in [1.807, 2.05) is 0 Å². The highest BCUT2D eigenvalue weighted by Gasteiger charge is 2.21. The second-order valence-electron chi connectivity index (χ2n) is 6.95. The summed E-state index contributed by atoms with van der Waals surface area (Å²) in [5.74, 6) is 0.0475. The number of carboxylic acid groups (broad SMARTS) is 1. The Morgan fingerprint density at radius 1 is 1.21 bits per heavy atom. The number of carbonyl (C=O) groups is 2. The first kappa shape index (κ1) is 21.5. The molecular weight excluding hydrogens is 384 g/mol. The summed E-state index contributed by atoms with van der Waals surface area (Å²) in [6, 6.07) is 5.24. The number of benzene rings is 1. The molecule has 0 unspecified atom stereocenters. The van der Waals surface area contributed by atoms with Crippen LogP contribution < -0.4 is 14.3 Å². The number of aromatic carboxylic acids is 1. The quantitative estimate of drug-likeness (QED) is 0.813. The topological polar surface area (TPSA) is 99.4 Å². The van der Waals surface area contributed by atoms with E-state index in [0.29, 0.717) is 21.9 Å². The lowest BCUT2D eigenvalue weighted by atomic mass is 10.2. The Bertz CT molecular complexity index is 952. The number of hydrogen-bond acceptors (Lipinski definition) is 6. The van der Waals surface area contributed by atoms with Crippen molar-refractivity contribution in [1.82, 2.24) is 4.57 Å². The fourth-order valence-corrected chi connectivity index (χ4v) is 3.49. The normalized spacial score (nSPS) is 12.0. The van der Waals surface area contributed by atoms with Crippen LogP contribution in [-0.4, -0.2) is 41.6 Å². The Balaban J connectivity index is 2.56. The number of carbonyl (C=O) groups excluding carboxylic acids is 1. The van der Waals surface area contributed by atoms with Gasteiger partial charge in [-0.25, -0.2) is 9.59 Å². The van der Waals surface area contributed by atoms with Gasteiger partial charge in [-0.15, -0.1) is 16.3 Å². The number of nitrogens with zero attached hydrogens (tertiary/aromatic N) is 2. The number of hydrogen-bond donors (Lipinski definition) is 1. The van der Waals surface area contributed by atoms with Gasteiger partial charge < -0.3 is 23.9 Å². The lowest BCUT2D eigenvalue weighted by Gasteiger charge is -2.17. The maximum Gasteiger partial charge on any atom is 0.436 e. The lowest BCUT2D eigenvalue weighted by Crippen LogP contribution is -2.26. The number of ether oxygens (including phenoxy) is 3. The number of aryl methyl sites for hydroxylation is 1. The van der Waals surface area contributed by atoms with Crippen LogP contribution in [0.3, 0.4) is 0 Å². The summed E-state index contributed by atoms with van der Waals surface area (Å²) in [5, 5.41) is 9.64. The number of thiazole rings is 1. The molecule has 152 valence electrons. The van der Waals surface area contributed by atoms with Crippen LogP contribution in [0.25, 0.3) is 0 Å². The zero-order valence-electron chi connectivity index (χ0n) is 16.7. The van der Waals surface area contributed by atoms with Crippen LogP contribution in [0.1, 0.15) is 41.7 Å². The molecule has 1 heterocycles. The van der Waals surface area contributed by atoms with Crippen LogP contribution in [0.4, 0.5) is 4.79 Å². The van der Waals surface area contributed by atoms with Gasteiger partial charge in [-0.2, -0.15) is 0 Å². The van der Waals surface area contributed by atoms with Crippen molar-refractivity contribution in [3.8, 4) is 11.5 Å². The van der Waals surface area contributed by atoms with E-state index in [9.17, 15) is 14.7 Å². The van der Waals surface area contributed by atoms with Crippen LogP contribution in [0.5, 0.6) is 11.5 Å². The molecule has 0 aliphatic carbocycles. The van der Waals surface area contributed by atoms with Gasteiger partial charge in [0.25, 0.3) is 0 Å². The Hall–Kier alpha value is -2.81. The van der Waals surface area contributed by atoms with Gasteiger partial charge in [0.05, 0.1) is 20.8 Å². The number of amides is 1. The molecule has 0 bridgehead atoms. The summed E-state index contributed by atoms with van der Waals surface area (Å²) < 4.78 is 17.3. The SMILES string of the molecule is COc1ccc(Cn2c(C(=O)O)c(C)s/c2=N\C(=O)OC(C)(C)C)c(OC)c1. The monoisotopic (exact) mass is 408 g/mol. The van der Waals surface area contributed by atoms with E-state index >= 15 is 0 Å². The average molecular weight is 408 g/mol. The van der Waals surface area contributed by atoms with Crippen molar-refractivity contribution in [3.05, 3.63) is 39.1 Å². The fraction of sp³-hybridized carbons (Fsp3) is 0.421. The van der Waals surface area contributed by atoms with Crippen molar-refractivity contribution in [2.24, 2.45) is 4.99 Å². The maximum absolute atomic E-state index is 12.1. The molecule has 0 aliphatic heterocycles. The highest BCUT2D eigenvalue weighted by molar-refractivity contribution is 7.09. The summed E-state index contributed by atoms with van der Waals surface area (Å²) in [6.45, 7) is 7.03. The summed E-state index contributed by atoms with van der Waals surface area (Å²) in [5.41, 5.74) is 0.0754. The van der Waals surface area contributed by atoms with E-state index in [-0.39, 0.29) is 17.0 Å². The Kier molecular flexibility index (Phi) is 6.50. The van der Waals surface area contributed by atoms with Crippen molar-refractivity contribution in [1.29, 1.82) is 0 Å². The maximum atomic E-state index is 12.1. The molecule has 2 aromatic rings. The third-order valence-electron chi connectivity index (χ3n) is 3.68. The molecule has 0 atom stereocenters. The minimum Gasteiger partial charge on any atom is -0.497 e. The van der Waals surface area contributed by atoms with Gasteiger partial charge in [0.1, 0.15) is 22.8 Å². The van der Waals surface area contributed by atoms with Gasteiger partial charge in [0.15, 0.2) is 4.80 Å². The predicted octanol–water partition coefficient (Wildman–Crippen LogP) is 3.46. The first-order chi connectivity index (χ1) is 13.1. The molecule has 28 heavy (non-hydrogen) atoms. The number of carboxylic acids is 1. The van der Waals surface area contributed by atoms with E-state index in [2.05, 4.69) is 4.99 Å². The Labute approximate surface area is 167 Å². The predicted molar refractivity (Wildman–Crippen MR) is 104 cm³/mol. The van der Waals surface area contributed by atoms with Gasteiger partial charge in [-0.3, -0.25) is 0 Å². The lowest BCUT2D eigenvalue weighted by molar-refractivity contribution is 0.0592. The first-order valence-electron chi connectivity index (χ1n) is 8.48. The molecule has 2 rings (SSSR count). The molecular formula is C19H24N2O6S. The first-order valence-corrected chi connectivity index (χ1v) is 9.29. The molecule has 8 nitrogen and oxygen atoms in total.